The average molecular weight is 455 g/mol. The number of rotatable bonds is 6. The van der Waals surface area contributed by atoms with Gasteiger partial charge in [-0.15, -0.1) is 0 Å². The van der Waals surface area contributed by atoms with Crippen LogP contribution in [0, 0.1) is 5.82 Å². The summed E-state index contributed by atoms with van der Waals surface area (Å²) in [4.78, 5) is 41.6. The third-order valence-electron chi connectivity index (χ3n) is 6.41. The number of halogens is 1. The van der Waals surface area contributed by atoms with E-state index in [-0.39, 0.29) is 18.9 Å². The van der Waals surface area contributed by atoms with E-state index in [1.54, 1.807) is 26.0 Å². The second-order valence-corrected chi connectivity index (χ2v) is 8.13. The topological polar surface area (TPSA) is 88.2 Å². The Kier molecular flexibility index (Phi) is 5.97. The highest BCUT2D eigenvalue weighted by atomic mass is 19.1. The molecule has 1 atom stereocenters. The van der Waals surface area contributed by atoms with E-state index >= 15 is 0 Å². The summed E-state index contributed by atoms with van der Waals surface area (Å²) in [6.07, 6.45) is 0.892. The van der Waals surface area contributed by atoms with Crippen LogP contribution >= 0.6 is 0 Å². The number of amides is 4. The molecule has 0 aliphatic carbocycles. The van der Waals surface area contributed by atoms with Crippen LogP contribution in [0.15, 0.2) is 36.4 Å². The quantitative estimate of drug-likeness (QED) is 0.677. The molecule has 8 nitrogen and oxygen atoms in total. The van der Waals surface area contributed by atoms with Crippen LogP contribution in [0.1, 0.15) is 30.0 Å². The number of nitrogens with zero attached hydrogens (tertiary/aromatic N) is 2. The molecule has 0 saturated carbocycles. The first kappa shape index (κ1) is 22.6. The smallest absolute Gasteiger partial charge is 0.325 e. The molecular formula is C24H26FN3O5. The van der Waals surface area contributed by atoms with Crippen molar-refractivity contribution in [2.75, 3.05) is 27.3 Å². The van der Waals surface area contributed by atoms with Crippen molar-refractivity contribution in [1.82, 2.24) is 15.1 Å². The molecule has 2 aliphatic heterocycles. The van der Waals surface area contributed by atoms with Crippen LogP contribution in [0.3, 0.4) is 0 Å². The molecule has 174 valence electrons. The van der Waals surface area contributed by atoms with Crippen LogP contribution in [0.5, 0.6) is 11.5 Å². The monoisotopic (exact) mass is 455 g/mol. The summed E-state index contributed by atoms with van der Waals surface area (Å²) >= 11 is 0. The average Bonchev–Trinajstić information content (AvgIpc) is 3.08. The molecule has 2 aromatic carbocycles. The fourth-order valence-corrected chi connectivity index (χ4v) is 4.47. The standard InChI is InChI=1S/C24H26FN3O5/c1-4-24(17-5-7-18(25)8-6-17)22(30)28(23(31)26-24)14-21(29)27-10-9-15-11-19(32-2)20(33-3)12-16(15)13-27/h5-8,11-12H,4,9-10,13-14H2,1-3H3,(H,26,31)/t24-/m1/s1. The Morgan fingerprint density at radius 1 is 1.09 bits per heavy atom. The van der Waals surface area contributed by atoms with Crippen molar-refractivity contribution in [3.8, 4) is 11.5 Å². The van der Waals surface area contributed by atoms with Crippen molar-refractivity contribution in [2.24, 2.45) is 0 Å². The van der Waals surface area contributed by atoms with Gasteiger partial charge in [-0.3, -0.25) is 14.5 Å². The van der Waals surface area contributed by atoms with Gasteiger partial charge in [-0.2, -0.15) is 0 Å². The van der Waals surface area contributed by atoms with Gasteiger partial charge in [0.1, 0.15) is 17.9 Å². The maximum absolute atomic E-state index is 13.4. The molecule has 1 N–H and O–H groups in total. The highest BCUT2D eigenvalue weighted by Crippen LogP contribution is 2.34. The molecular weight excluding hydrogens is 429 g/mol. The molecule has 9 heteroatoms. The second-order valence-electron chi connectivity index (χ2n) is 8.13. The fourth-order valence-electron chi connectivity index (χ4n) is 4.47. The molecule has 0 bridgehead atoms. The van der Waals surface area contributed by atoms with Gasteiger partial charge in [-0.1, -0.05) is 19.1 Å². The molecule has 0 aromatic heterocycles. The third-order valence-corrected chi connectivity index (χ3v) is 6.41. The molecule has 33 heavy (non-hydrogen) atoms. The van der Waals surface area contributed by atoms with Gasteiger partial charge in [0.2, 0.25) is 5.91 Å². The summed E-state index contributed by atoms with van der Waals surface area (Å²) in [5.41, 5.74) is 1.16. The molecule has 4 rings (SSSR count). The van der Waals surface area contributed by atoms with E-state index < -0.39 is 23.3 Å². The lowest BCUT2D eigenvalue weighted by Crippen LogP contribution is -2.46. The van der Waals surface area contributed by atoms with Crippen LogP contribution in [-0.4, -0.2) is 55.0 Å². The summed E-state index contributed by atoms with van der Waals surface area (Å²) in [5.74, 6) is -0.0732. The summed E-state index contributed by atoms with van der Waals surface area (Å²) in [7, 11) is 3.12. The molecule has 2 aliphatic rings. The highest BCUT2D eigenvalue weighted by molar-refractivity contribution is 6.09. The van der Waals surface area contributed by atoms with E-state index in [9.17, 15) is 18.8 Å². The van der Waals surface area contributed by atoms with Gasteiger partial charge in [0, 0.05) is 13.1 Å². The van der Waals surface area contributed by atoms with Gasteiger partial charge in [0.05, 0.1) is 14.2 Å². The predicted molar refractivity (Wildman–Crippen MR) is 117 cm³/mol. The summed E-state index contributed by atoms with van der Waals surface area (Å²) in [6.45, 7) is 2.20. The number of fused-ring (bicyclic) bond motifs is 1. The fraction of sp³-hybridized carbons (Fsp3) is 0.375. The number of carbonyl (C=O) groups excluding carboxylic acids is 3. The van der Waals surface area contributed by atoms with Gasteiger partial charge in [0.25, 0.3) is 5.91 Å². The zero-order chi connectivity index (χ0) is 23.8. The number of methoxy groups -OCH3 is 2. The van der Waals surface area contributed by atoms with Crippen molar-refractivity contribution in [3.63, 3.8) is 0 Å². The first-order chi connectivity index (χ1) is 15.8. The van der Waals surface area contributed by atoms with Crippen LogP contribution in [0.2, 0.25) is 0 Å². The van der Waals surface area contributed by atoms with Gasteiger partial charge < -0.3 is 19.7 Å². The van der Waals surface area contributed by atoms with Crippen LogP contribution < -0.4 is 14.8 Å². The molecule has 1 fully saturated rings. The lowest BCUT2D eigenvalue weighted by atomic mass is 9.87. The normalized spacial score (nSPS) is 19.9. The van der Waals surface area contributed by atoms with Gasteiger partial charge in [-0.25, -0.2) is 9.18 Å². The molecule has 0 radical (unpaired) electrons. The lowest BCUT2D eigenvalue weighted by molar-refractivity contribution is -0.139. The number of imide groups is 1. The Morgan fingerprint density at radius 2 is 1.73 bits per heavy atom. The highest BCUT2D eigenvalue weighted by Gasteiger charge is 2.51. The van der Waals surface area contributed by atoms with Crippen molar-refractivity contribution < 1.29 is 28.2 Å². The Labute approximate surface area is 191 Å². The minimum Gasteiger partial charge on any atom is -0.493 e. The van der Waals surface area contributed by atoms with Crippen LogP contribution in [-0.2, 0) is 28.1 Å². The van der Waals surface area contributed by atoms with Gasteiger partial charge in [0.15, 0.2) is 11.5 Å². The summed E-state index contributed by atoms with van der Waals surface area (Å²) < 4.78 is 24.1. The van der Waals surface area contributed by atoms with E-state index in [4.69, 9.17) is 9.47 Å². The molecule has 2 heterocycles. The molecule has 4 amide bonds. The minimum absolute atomic E-state index is 0.270. The number of hydrogen-bond acceptors (Lipinski definition) is 5. The number of carbonyl (C=O) groups is 3. The lowest BCUT2D eigenvalue weighted by Gasteiger charge is -2.31. The van der Waals surface area contributed by atoms with Crippen molar-refractivity contribution in [2.45, 2.75) is 31.8 Å². The minimum atomic E-state index is -1.32. The molecule has 0 unspecified atom stereocenters. The SMILES string of the molecule is CC[C@]1(c2ccc(F)cc2)NC(=O)N(CC(=O)N2CCc3cc(OC)c(OC)cc3C2)C1=O. The number of urea groups is 1. The Bertz CT molecular complexity index is 1100. The Hall–Kier alpha value is -3.62. The van der Waals surface area contributed by atoms with E-state index in [2.05, 4.69) is 5.32 Å². The first-order valence-electron chi connectivity index (χ1n) is 10.7. The maximum Gasteiger partial charge on any atom is 0.325 e. The number of nitrogens with one attached hydrogen (secondary N) is 1. The first-order valence-corrected chi connectivity index (χ1v) is 10.7. The van der Waals surface area contributed by atoms with E-state index in [0.29, 0.717) is 36.6 Å². The second kappa shape index (κ2) is 8.73. The van der Waals surface area contributed by atoms with Gasteiger partial charge >= 0.3 is 6.03 Å². The number of benzene rings is 2. The third kappa shape index (κ3) is 3.88. The van der Waals surface area contributed by atoms with Crippen LogP contribution in [0.25, 0.3) is 0 Å². The number of hydrogen-bond donors (Lipinski definition) is 1. The molecule has 0 spiro atoms. The van der Waals surface area contributed by atoms with Gasteiger partial charge in [-0.05, 0) is 53.8 Å². The van der Waals surface area contributed by atoms with E-state index in [1.165, 1.54) is 24.3 Å². The largest absolute Gasteiger partial charge is 0.493 e. The zero-order valence-corrected chi connectivity index (χ0v) is 18.8. The van der Waals surface area contributed by atoms with E-state index in [1.807, 2.05) is 12.1 Å². The Balaban J connectivity index is 1.51. The maximum atomic E-state index is 13.4. The van der Waals surface area contributed by atoms with Crippen molar-refractivity contribution >= 4 is 17.8 Å². The van der Waals surface area contributed by atoms with Crippen molar-refractivity contribution in [3.05, 3.63) is 58.9 Å². The van der Waals surface area contributed by atoms with Crippen molar-refractivity contribution in [1.29, 1.82) is 0 Å². The summed E-state index contributed by atoms with van der Waals surface area (Å²) in [6, 6.07) is 8.56. The summed E-state index contributed by atoms with van der Waals surface area (Å²) in [5, 5.41) is 2.72. The molecule has 2 aromatic rings. The van der Waals surface area contributed by atoms with E-state index in [0.717, 1.165) is 16.0 Å². The number of ether oxygens (including phenoxy) is 2. The molecule has 1 saturated heterocycles. The van der Waals surface area contributed by atoms with Crippen LogP contribution in [0.4, 0.5) is 9.18 Å². The Morgan fingerprint density at radius 3 is 2.33 bits per heavy atom. The predicted octanol–water partition coefficient (Wildman–Crippen LogP) is 2.58. The zero-order valence-electron chi connectivity index (χ0n) is 18.8.